The first-order chi connectivity index (χ1) is 12.1. The van der Waals surface area contributed by atoms with E-state index in [0.717, 1.165) is 22.6 Å². The fourth-order valence-corrected chi connectivity index (χ4v) is 4.81. The number of methoxy groups -OCH3 is 1. The summed E-state index contributed by atoms with van der Waals surface area (Å²) in [5.41, 5.74) is 4.26. The summed E-state index contributed by atoms with van der Waals surface area (Å²) in [6, 6.07) is 17.3. The van der Waals surface area contributed by atoms with E-state index >= 15 is 0 Å². The van der Waals surface area contributed by atoms with Crippen molar-refractivity contribution < 1.29 is 31.0 Å². The Hall–Kier alpha value is -2.59. The van der Waals surface area contributed by atoms with Crippen LogP contribution in [0.15, 0.2) is 64.4 Å². The van der Waals surface area contributed by atoms with E-state index in [1.165, 1.54) is 0 Å². The van der Waals surface area contributed by atoms with E-state index in [0.29, 0.717) is 11.1 Å². The molecule has 4 nitrogen and oxygen atoms in total. The normalized spacial score (nSPS) is 13.9. The summed E-state index contributed by atoms with van der Waals surface area (Å²) in [4.78, 5) is 12.2. The molecular weight excluding hydrogens is 427 g/mol. The van der Waals surface area contributed by atoms with Crippen LogP contribution in [0.5, 0.6) is 5.75 Å². The molecule has 0 atom stereocenters. The number of rotatable bonds is 4. The molecule has 1 aliphatic heterocycles. The summed E-state index contributed by atoms with van der Waals surface area (Å²) >= 11 is -0.438. The summed E-state index contributed by atoms with van der Waals surface area (Å²) < 4.78 is 9.49. The number of carbonyl (C=O) groups excluding carboxylic acids is 1. The van der Waals surface area contributed by atoms with Crippen LogP contribution < -0.4 is 29.3 Å². The predicted octanol–water partition coefficient (Wildman–Crippen LogP) is 0.905. The Bertz CT molecular complexity index is 891. The van der Waals surface area contributed by atoms with Crippen LogP contribution in [-0.4, -0.2) is 12.9 Å². The number of hydrogen-bond acceptors (Lipinski definition) is 4. The van der Waals surface area contributed by atoms with E-state index in [-0.39, 0.29) is 5.78 Å². The first-order valence-corrected chi connectivity index (χ1v) is 9.84. The summed E-state index contributed by atoms with van der Waals surface area (Å²) in [5, 5.41) is 8.94. The summed E-state index contributed by atoms with van der Waals surface area (Å²) in [6.45, 7) is 1.58. The summed E-state index contributed by atoms with van der Waals surface area (Å²) in [6.07, 6.45) is 1.94. The summed E-state index contributed by atoms with van der Waals surface area (Å²) in [5.74, 6) is 0.835. The van der Waals surface area contributed by atoms with Crippen LogP contribution in [0, 0.1) is 11.3 Å². The van der Waals surface area contributed by atoms with Crippen LogP contribution >= 0.6 is 0 Å². The zero-order valence-corrected chi connectivity index (χ0v) is 16.0. The standard InChI is InChI=1S/C20H16IN2O2/c1-14(24)20-13-23(17-7-9-18(25-2)10-8-17)21-11-19(20)16-5-3-15(12-22)4-6-16/h3-11,13H,1-2H3/q-1. The number of ketones is 1. The predicted molar refractivity (Wildman–Crippen MR) is 93.4 cm³/mol. The van der Waals surface area contributed by atoms with Gasteiger partial charge in [-0.1, -0.05) is 0 Å². The van der Waals surface area contributed by atoms with Gasteiger partial charge >= 0.3 is 158 Å². The van der Waals surface area contributed by atoms with Crippen molar-refractivity contribution in [3.8, 4) is 11.8 Å². The molecule has 0 fully saturated rings. The molecule has 2 aromatic rings. The number of benzene rings is 2. The van der Waals surface area contributed by atoms with E-state index in [9.17, 15) is 4.79 Å². The molecule has 25 heavy (non-hydrogen) atoms. The molecule has 2 aromatic carbocycles. The molecular formula is C20H16IN2O2-. The van der Waals surface area contributed by atoms with Crippen molar-refractivity contribution in [2.75, 3.05) is 10.2 Å². The van der Waals surface area contributed by atoms with Gasteiger partial charge in [-0.2, -0.15) is 0 Å². The third-order valence-corrected chi connectivity index (χ3v) is 6.16. The Labute approximate surface area is 157 Å². The molecule has 1 aliphatic rings. The minimum absolute atomic E-state index is 0.0258. The monoisotopic (exact) mass is 443 g/mol. The van der Waals surface area contributed by atoms with Crippen LogP contribution in [0.3, 0.4) is 0 Å². The molecule has 0 saturated carbocycles. The van der Waals surface area contributed by atoms with Gasteiger partial charge in [0, 0.05) is 0 Å². The second-order valence-corrected chi connectivity index (χ2v) is 7.64. The van der Waals surface area contributed by atoms with Gasteiger partial charge in [0.25, 0.3) is 0 Å². The fourth-order valence-electron chi connectivity index (χ4n) is 2.45. The Kier molecular flexibility index (Phi) is 5.19. The minimum atomic E-state index is -0.438. The molecule has 5 heteroatoms. The quantitative estimate of drug-likeness (QED) is 0.521. The van der Waals surface area contributed by atoms with Crippen LogP contribution in [-0.2, 0) is 4.79 Å². The van der Waals surface area contributed by atoms with Gasteiger partial charge in [-0.05, 0) is 0 Å². The number of anilines is 1. The molecule has 126 valence electrons. The fraction of sp³-hybridized carbons (Fsp3) is 0.100. The summed E-state index contributed by atoms with van der Waals surface area (Å²) in [7, 11) is 1.64. The molecule has 0 radical (unpaired) electrons. The van der Waals surface area contributed by atoms with Crippen LogP contribution in [0.25, 0.3) is 5.57 Å². The zero-order valence-electron chi connectivity index (χ0n) is 13.9. The maximum atomic E-state index is 12.2. The molecule has 0 saturated heterocycles. The van der Waals surface area contributed by atoms with Gasteiger partial charge in [0.05, 0.1) is 0 Å². The van der Waals surface area contributed by atoms with E-state index < -0.39 is 21.5 Å². The molecule has 0 unspecified atom stereocenters. The first kappa shape index (κ1) is 17.2. The van der Waals surface area contributed by atoms with Crippen molar-refractivity contribution in [1.29, 1.82) is 5.26 Å². The number of halogens is 1. The second-order valence-electron chi connectivity index (χ2n) is 5.42. The van der Waals surface area contributed by atoms with E-state index in [4.69, 9.17) is 10.00 Å². The van der Waals surface area contributed by atoms with Crippen LogP contribution in [0.1, 0.15) is 18.1 Å². The number of ether oxygens (including phenoxy) is 1. The van der Waals surface area contributed by atoms with E-state index in [1.54, 1.807) is 26.2 Å². The van der Waals surface area contributed by atoms with Crippen LogP contribution in [0.2, 0.25) is 0 Å². The average molecular weight is 443 g/mol. The Balaban J connectivity index is 1.92. The van der Waals surface area contributed by atoms with Crippen LogP contribution in [0.4, 0.5) is 5.69 Å². The zero-order chi connectivity index (χ0) is 17.8. The molecule has 0 aromatic heterocycles. The van der Waals surface area contributed by atoms with Gasteiger partial charge in [0.2, 0.25) is 0 Å². The van der Waals surface area contributed by atoms with Gasteiger partial charge in [-0.15, -0.1) is 0 Å². The van der Waals surface area contributed by atoms with Crippen molar-refractivity contribution in [1.82, 2.24) is 0 Å². The molecule has 0 N–H and O–H groups in total. The third kappa shape index (κ3) is 3.74. The number of nitriles is 1. The molecule has 0 bridgehead atoms. The third-order valence-electron chi connectivity index (χ3n) is 3.82. The first-order valence-electron chi connectivity index (χ1n) is 7.63. The van der Waals surface area contributed by atoms with E-state index in [1.807, 2.05) is 42.6 Å². The van der Waals surface area contributed by atoms with Crippen molar-refractivity contribution >= 4 is 17.0 Å². The van der Waals surface area contributed by atoms with E-state index in [2.05, 4.69) is 13.3 Å². The van der Waals surface area contributed by atoms with Crippen molar-refractivity contribution in [2.24, 2.45) is 0 Å². The van der Waals surface area contributed by atoms with Gasteiger partial charge in [-0.3, -0.25) is 0 Å². The second kappa shape index (κ2) is 7.53. The molecule has 0 spiro atoms. The number of Topliss-reactive ketones (excluding diaryl/α,β-unsaturated/α-hetero) is 1. The number of carbonyl (C=O) groups is 1. The molecule has 3 rings (SSSR count). The topological polar surface area (TPSA) is 53.3 Å². The van der Waals surface area contributed by atoms with Gasteiger partial charge in [-0.25, -0.2) is 0 Å². The SMILES string of the molecule is COc1ccc(N2C=C(C(C)=O)C(c3ccc(C#N)cc3)=C[I-]2)cc1. The Morgan fingerprint density at radius 1 is 1.12 bits per heavy atom. The van der Waals surface area contributed by atoms with Gasteiger partial charge in [0.15, 0.2) is 0 Å². The van der Waals surface area contributed by atoms with Gasteiger partial charge < -0.3 is 0 Å². The molecule has 0 amide bonds. The number of hydrogen-bond donors (Lipinski definition) is 0. The molecule has 0 aliphatic carbocycles. The van der Waals surface area contributed by atoms with Crippen molar-refractivity contribution in [3.05, 3.63) is 75.5 Å². The Morgan fingerprint density at radius 2 is 1.80 bits per heavy atom. The number of allylic oxidation sites excluding steroid dienone is 2. The van der Waals surface area contributed by atoms with Gasteiger partial charge in [0.1, 0.15) is 0 Å². The maximum absolute atomic E-state index is 12.2. The van der Waals surface area contributed by atoms with Crippen molar-refractivity contribution in [2.45, 2.75) is 6.92 Å². The Morgan fingerprint density at radius 3 is 2.36 bits per heavy atom. The average Bonchev–Trinajstić information content (AvgIpc) is 2.67. The number of nitrogens with zero attached hydrogens (tertiary/aromatic N) is 2. The van der Waals surface area contributed by atoms with Crippen molar-refractivity contribution in [3.63, 3.8) is 0 Å². The molecule has 1 heterocycles.